The van der Waals surface area contributed by atoms with Crippen molar-refractivity contribution in [3.05, 3.63) is 71.8 Å². The summed E-state index contributed by atoms with van der Waals surface area (Å²) in [6, 6.07) is 21.1. The van der Waals surface area contributed by atoms with Crippen LogP contribution in [0.5, 0.6) is 0 Å². The molecule has 0 N–H and O–H groups in total. The van der Waals surface area contributed by atoms with Gasteiger partial charge in [-0.2, -0.15) is 5.26 Å². The number of carbonyl (C=O) groups is 1. The SMILES string of the molecule is N#CC(CC(=O)CCl)(c1ccccc1)c1ccccc1. The van der Waals surface area contributed by atoms with E-state index in [1.165, 1.54) is 0 Å². The number of carbonyl (C=O) groups excluding carboxylic acids is 1. The number of nitrogens with zero attached hydrogens (tertiary/aromatic N) is 1. The zero-order chi connectivity index (χ0) is 14.4. The molecule has 0 amide bonds. The molecule has 0 aromatic heterocycles. The lowest BCUT2D eigenvalue weighted by Crippen LogP contribution is -2.29. The number of alkyl halides is 1. The lowest BCUT2D eigenvalue weighted by Gasteiger charge is -2.27. The van der Waals surface area contributed by atoms with Gasteiger partial charge in [0.15, 0.2) is 0 Å². The number of ketones is 1. The molecular weight excluding hydrogens is 270 g/mol. The molecule has 0 fully saturated rings. The standard InChI is InChI=1S/C17H14ClNO/c18-12-16(20)11-17(13-19,14-7-3-1-4-8-14)15-9-5-2-6-10-15/h1-10H,11-12H2. The zero-order valence-electron chi connectivity index (χ0n) is 10.9. The highest BCUT2D eigenvalue weighted by atomic mass is 35.5. The number of Topliss-reactive ketones (excluding diaryl/α,β-unsaturated/α-hetero) is 1. The van der Waals surface area contributed by atoms with Crippen LogP contribution in [0.1, 0.15) is 17.5 Å². The number of nitriles is 1. The second-order valence-corrected chi connectivity index (χ2v) is 4.87. The van der Waals surface area contributed by atoms with Crippen LogP contribution in [0, 0.1) is 11.3 Å². The first-order chi connectivity index (χ1) is 9.73. The molecular formula is C17H14ClNO. The van der Waals surface area contributed by atoms with Crippen molar-refractivity contribution in [1.82, 2.24) is 0 Å². The molecule has 0 saturated heterocycles. The van der Waals surface area contributed by atoms with Crippen molar-refractivity contribution in [3.8, 4) is 6.07 Å². The van der Waals surface area contributed by atoms with Gasteiger partial charge in [-0.1, -0.05) is 60.7 Å². The summed E-state index contributed by atoms with van der Waals surface area (Å²) in [5.41, 5.74) is 0.647. The second kappa shape index (κ2) is 6.36. The van der Waals surface area contributed by atoms with Crippen LogP contribution in [-0.2, 0) is 10.2 Å². The number of benzene rings is 2. The van der Waals surface area contributed by atoms with Gasteiger partial charge in [0.2, 0.25) is 0 Å². The van der Waals surface area contributed by atoms with Crippen molar-refractivity contribution in [2.75, 3.05) is 5.88 Å². The Hall–Kier alpha value is -2.11. The van der Waals surface area contributed by atoms with E-state index in [1.807, 2.05) is 60.7 Å². The molecule has 2 nitrogen and oxygen atoms in total. The van der Waals surface area contributed by atoms with E-state index in [2.05, 4.69) is 6.07 Å². The third-order valence-corrected chi connectivity index (χ3v) is 3.63. The Kier molecular flexibility index (Phi) is 4.55. The molecule has 0 saturated carbocycles. The molecule has 100 valence electrons. The molecule has 0 spiro atoms. The Morgan fingerprint density at radius 3 is 1.80 bits per heavy atom. The summed E-state index contributed by atoms with van der Waals surface area (Å²) >= 11 is 5.63. The van der Waals surface area contributed by atoms with Gasteiger partial charge in [-0.3, -0.25) is 4.79 Å². The maximum Gasteiger partial charge on any atom is 0.149 e. The van der Waals surface area contributed by atoms with E-state index in [9.17, 15) is 10.1 Å². The van der Waals surface area contributed by atoms with Gasteiger partial charge < -0.3 is 0 Å². The van der Waals surface area contributed by atoms with Gasteiger partial charge in [0.1, 0.15) is 11.2 Å². The zero-order valence-corrected chi connectivity index (χ0v) is 11.7. The highest BCUT2D eigenvalue weighted by molar-refractivity contribution is 6.27. The van der Waals surface area contributed by atoms with E-state index in [-0.39, 0.29) is 18.1 Å². The van der Waals surface area contributed by atoms with Crippen molar-refractivity contribution in [2.24, 2.45) is 0 Å². The second-order valence-electron chi connectivity index (χ2n) is 4.60. The quantitative estimate of drug-likeness (QED) is 0.785. The van der Waals surface area contributed by atoms with Crippen molar-refractivity contribution in [1.29, 1.82) is 5.26 Å². The monoisotopic (exact) mass is 283 g/mol. The minimum atomic E-state index is -0.978. The average Bonchev–Trinajstić information content (AvgIpc) is 2.54. The van der Waals surface area contributed by atoms with Crippen LogP contribution in [-0.4, -0.2) is 11.7 Å². The number of hydrogen-bond acceptors (Lipinski definition) is 2. The summed E-state index contributed by atoms with van der Waals surface area (Å²) in [5, 5.41) is 9.78. The lowest BCUT2D eigenvalue weighted by molar-refractivity contribution is -0.117. The minimum absolute atomic E-state index is 0.0803. The average molecular weight is 284 g/mol. The third kappa shape index (κ3) is 2.74. The smallest absolute Gasteiger partial charge is 0.149 e. The largest absolute Gasteiger partial charge is 0.298 e. The molecule has 0 radical (unpaired) electrons. The Balaban J connectivity index is 2.59. The number of hydrogen-bond donors (Lipinski definition) is 0. The molecule has 2 aromatic carbocycles. The summed E-state index contributed by atoms with van der Waals surface area (Å²) in [5.74, 6) is -0.218. The normalized spacial score (nSPS) is 10.8. The van der Waals surface area contributed by atoms with Crippen LogP contribution < -0.4 is 0 Å². The fourth-order valence-electron chi connectivity index (χ4n) is 2.33. The summed E-state index contributed by atoms with van der Waals surface area (Å²) in [6.07, 6.45) is 0.0844. The molecule has 20 heavy (non-hydrogen) atoms. The Bertz CT molecular complexity index is 577. The summed E-state index contributed by atoms with van der Waals surface area (Å²) in [6.45, 7) is 0. The van der Waals surface area contributed by atoms with E-state index in [4.69, 9.17) is 11.6 Å². The van der Waals surface area contributed by atoms with E-state index in [0.29, 0.717) is 0 Å². The van der Waals surface area contributed by atoms with Crippen LogP contribution in [0.4, 0.5) is 0 Å². The molecule has 0 bridgehead atoms. The topological polar surface area (TPSA) is 40.9 Å². The van der Waals surface area contributed by atoms with Crippen molar-refractivity contribution < 1.29 is 4.79 Å². The lowest BCUT2D eigenvalue weighted by atomic mass is 9.72. The molecule has 0 atom stereocenters. The number of halogens is 1. The molecule has 0 aliphatic carbocycles. The van der Waals surface area contributed by atoms with Gasteiger partial charge in [0, 0.05) is 6.42 Å². The Labute approximate surface area is 123 Å². The fourth-order valence-corrected chi connectivity index (χ4v) is 2.42. The van der Waals surface area contributed by atoms with Crippen LogP contribution in [0.25, 0.3) is 0 Å². The summed E-state index contributed by atoms with van der Waals surface area (Å²) in [7, 11) is 0. The van der Waals surface area contributed by atoms with Crippen LogP contribution in [0.2, 0.25) is 0 Å². The first-order valence-corrected chi connectivity index (χ1v) is 6.86. The molecule has 0 unspecified atom stereocenters. The molecule has 0 aliphatic heterocycles. The van der Waals surface area contributed by atoms with E-state index < -0.39 is 5.41 Å². The predicted molar refractivity (Wildman–Crippen MR) is 79.6 cm³/mol. The van der Waals surface area contributed by atoms with E-state index in [0.717, 1.165) is 11.1 Å². The van der Waals surface area contributed by atoms with Gasteiger partial charge in [-0.25, -0.2) is 0 Å². The van der Waals surface area contributed by atoms with Crippen molar-refractivity contribution in [3.63, 3.8) is 0 Å². The Morgan fingerprint density at radius 1 is 1.00 bits per heavy atom. The predicted octanol–water partition coefficient (Wildman–Crippen LogP) is 3.69. The molecule has 2 rings (SSSR count). The number of rotatable bonds is 5. The van der Waals surface area contributed by atoms with Gasteiger partial charge in [-0.15, -0.1) is 11.6 Å². The minimum Gasteiger partial charge on any atom is -0.298 e. The van der Waals surface area contributed by atoms with Crippen LogP contribution in [0.15, 0.2) is 60.7 Å². The molecule has 3 heteroatoms. The molecule has 0 heterocycles. The van der Waals surface area contributed by atoms with Crippen molar-refractivity contribution in [2.45, 2.75) is 11.8 Å². The fraction of sp³-hybridized carbons (Fsp3) is 0.176. The summed E-state index contributed by atoms with van der Waals surface area (Å²) < 4.78 is 0. The van der Waals surface area contributed by atoms with Gasteiger partial charge in [0.25, 0.3) is 0 Å². The first kappa shape index (κ1) is 14.3. The summed E-state index contributed by atoms with van der Waals surface area (Å²) in [4.78, 5) is 11.8. The first-order valence-electron chi connectivity index (χ1n) is 6.33. The molecule has 0 aliphatic rings. The highest BCUT2D eigenvalue weighted by Gasteiger charge is 2.36. The maximum absolute atomic E-state index is 11.8. The van der Waals surface area contributed by atoms with Crippen molar-refractivity contribution >= 4 is 17.4 Å². The van der Waals surface area contributed by atoms with E-state index >= 15 is 0 Å². The van der Waals surface area contributed by atoms with Crippen LogP contribution in [0.3, 0.4) is 0 Å². The van der Waals surface area contributed by atoms with Gasteiger partial charge in [0.05, 0.1) is 11.9 Å². The molecule has 2 aromatic rings. The third-order valence-electron chi connectivity index (χ3n) is 3.34. The van der Waals surface area contributed by atoms with Gasteiger partial charge >= 0.3 is 0 Å². The van der Waals surface area contributed by atoms with E-state index in [1.54, 1.807) is 0 Å². The Morgan fingerprint density at radius 2 is 1.45 bits per heavy atom. The maximum atomic E-state index is 11.8. The van der Waals surface area contributed by atoms with Gasteiger partial charge in [-0.05, 0) is 11.1 Å². The highest BCUT2D eigenvalue weighted by Crippen LogP contribution is 2.35. The van der Waals surface area contributed by atoms with Crippen LogP contribution >= 0.6 is 11.6 Å².